The Bertz CT molecular complexity index is 873. The molecule has 152 valence electrons. The van der Waals surface area contributed by atoms with E-state index < -0.39 is 5.72 Å². The quantitative estimate of drug-likeness (QED) is 0.811. The topological polar surface area (TPSA) is 62.1 Å². The van der Waals surface area contributed by atoms with Crippen LogP contribution in [0.3, 0.4) is 0 Å². The largest absolute Gasteiger partial charge is 0.484 e. The fourth-order valence-electron chi connectivity index (χ4n) is 4.39. The second-order valence-corrected chi connectivity index (χ2v) is 8.09. The monoisotopic (exact) mass is 392 g/mol. The molecule has 2 aromatic carbocycles. The van der Waals surface area contributed by atoms with Gasteiger partial charge in [0.1, 0.15) is 5.75 Å². The van der Waals surface area contributed by atoms with Crippen LogP contribution >= 0.6 is 0 Å². The average Bonchev–Trinajstić information content (AvgIpc) is 3.09. The van der Waals surface area contributed by atoms with Gasteiger partial charge in [-0.05, 0) is 43.4 Å². The molecule has 1 fully saturated rings. The van der Waals surface area contributed by atoms with Crippen LogP contribution in [0.25, 0.3) is 0 Å². The van der Waals surface area contributed by atoms with Gasteiger partial charge in [0.25, 0.3) is 5.91 Å². The van der Waals surface area contributed by atoms with E-state index in [9.17, 15) is 9.90 Å². The van der Waals surface area contributed by atoms with Crippen LogP contribution in [-0.2, 0) is 10.5 Å². The maximum Gasteiger partial charge on any atom is 0.283 e. The van der Waals surface area contributed by atoms with Gasteiger partial charge < -0.3 is 9.84 Å². The van der Waals surface area contributed by atoms with Crippen molar-refractivity contribution in [3.63, 3.8) is 0 Å². The van der Waals surface area contributed by atoms with Crippen LogP contribution in [0.15, 0.2) is 59.7 Å². The summed E-state index contributed by atoms with van der Waals surface area (Å²) in [6.45, 7) is 1.64. The number of carbonyl (C=O) groups is 1. The fraction of sp³-hybridized carbons (Fsp3) is 0.417. The Labute approximate surface area is 172 Å². The Balaban J connectivity index is 1.41. The molecular formula is C24H28N2O3. The zero-order valence-corrected chi connectivity index (χ0v) is 16.9. The summed E-state index contributed by atoms with van der Waals surface area (Å²) in [5.41, 5.74) is 1.24. The molecular weight excluding hydrogens is 364 g/mol. The van der Waals surface area contributed by atoms with E-state index in [0.29, 0.717) is 29.4 Å². The summed E-state index contributed by atoms with van der Waals surface area (Å²) in [4.78, 5) is 12.8. The van der Waals surface area contributed by atoms with Crippen molar-refractivity contribution in [2.45, 2.75) is 57.1 Å². The molecule has 1 atom stereocenters. The molecule has 0 saturated heterocycles. The van der Waals surface area contributed by atoms with Crippen molar-refractivity contribution in [2.24, 2.45) is 5.10 Å². The molecule has 2 aromatic rings. The number of rotatable bonds is 5. The highest BCUT2D eigenvalue weighted by molar-refractivity contribution is 5.89. The van der Waals surface area contributed by atoms with Gasteiger partial charge in [-0.15, -0.1) is 0 Å². The molecule has 1 amide bonds. The molecule has 5 nitrogen and oxygen atoms in total. The lowest BCUT2D eigenvalue weighted by Crippen LogP contribution is -2.45. The highest BCUT2D eigenvalue weighted by Crippen LogP contribution is 2.36. The fourth-order valence-corrected chi connectivity index (χ4v) is 4.39. The number of nitrogens with zero attached hydrogens (tertiary/aromatic N) is 2. The number of benzene rings is 2. The molecule has 1 aliphatic carbocycles. The van der Waals surface area contributed by atoms with Crippen molar-refractivity contribution in [2.75, 3.05) is 6.61 Å². The number of amides is 1. The molecule has 1 N–H and O–H groups in total. The zero-order valence-electron chi connectivity index (χ0n) is 16.9. The van der Waals surface area contributed by atoms with Crippen LogP contribution in [0.5, 0.6) is 5.75 Å². The first-order valence-corrected chi connectivity index (χ1v) is 10.4. The van der Waals surface area contributed by atoms with Gasteiger partial charge in [-0.2, -0.15) is 10.1 Å². The van der Waals surface area contributed by atoms with Crippen LogP contribution in [0.4, 0.5) is 0 Å². The first-order valence-electron chi connectivity index (χ1n) is 10.4. The van der Waals surface area contributed by atoms with E-state index in [4.69, 9.17) is 4.74 Å². The Hall–Kier alpha value is -2.66. The summed E-state index contributed by atoms with van der Waals surface area (Å²) in [7, 11) is 0. The Morgan fingerprint density at radius 2 is 1.79 bits per heavy atom. The van der Waals surface area contributed by atoms with E-state index in [1.54, 1.807) is 12.1 Å². The van der Waals surface area contributed by atoms with Gasteiger partial charge in [0, 0.05) is 17.7 Å². The van der Waals surface area contributed by atoms with Crippen molar-refractivity contribution in [3.8, 4) is 5.75 Å². The van der Waals surface area contributed by atoms with E-state index in [2.05, 4.69) is 17.2 Å². The number of ether oxygens (including phenoxy) is 1. The molecule has 0 radical (unpaired) electrons. The summed E-state index contributed by atoms with van der Waals surface area (Å²) in [6, 6.07) is 17.2. The molecule has 0 bridgehead atoms. The number of hydrogen-bond acceptors (Lipinski definition) is 4. The summed E-state index contributed by atoms with van der Waals surface area (Å²) in [6.07, 6.45) is 6.74. The summed E-state index contributed by atoms with van der Waals surface area (Å²) < 4.78 is 5.72. The lowest BCUT2D eigenvalue weighted by Gasteiger charge is -2.31. The molecule has 1 saturated carbocycles. The third-order valence-electron chi connectivity index (χ3n) is 5.91. The zero-order chi connectivity index (χ0) is 20.3. The van der Waals surface area contributed by atoms with E-state index >= 15 is 0 Å². The van der Waals surface area contributed by atoms with Gasteiger partial charge in [-0.1, -0.05) is 61.7 Å². The predicted octanol–water partition coefficient (Wildman–Crippen LogP) is 4.57. The normalized spacial score (nSPS) is 22.4. The van der Waals surface area contributed by atoms with Crippen LogP contribution in [0.2, 0.25) is 0 Å². The van der Waals surface area contributed by atoms with Crippen LogP contribution in [0, 0.1) is 0 Å². The molecule has 1 heterocycles. The standard InChI is InChI=1S/C24H28N2O3/c1-18-16-24(28,21-10-6-3-7-11-21)26(25-18)23(27)17-29-22-14-12-20(13-15-22)19-8-4-2-5-9-19/h3,6-7,10-15,19,28H,2,4-5,8-9,16-17H2,1H3/t24-/m1/s1. The smallest absolute Gasteiger partial charge is 0.283 e. The van der Waals surface area contributed by atoms with Crippen molar-refractivity contribution in [1.29, 1.82) is 0 Å². The van der Waals surface area contributed by atoms with Crippen LogP contribution in [-0.4, -0.2) is 28.3 Å². The Morgan fingerprint density at radius 3 is 2.48 bits per heavy atom. The Kier molecular flexibility index (Phi) is 5.67. The van der Waals surface area contributed by atoms with Gasteiger partial charge in [0.15, 0.2) is 12.3 Å². The van der Waals surface area contributed by atoms with Gasteiger partial charge >= 0.3 is 0 Å². The summed E-state index contributed by atoms with van der Waals surface area (Å²) in [5, 5.41) is 16.6. The van der Waals surface area contributed by atoms with Crippen molar-refractivity contribution < 1.29 is 14.6 Å². The molecule has 5 heteroatoms. The second kappa shape index (κ2) is 8.37. The minimum absolute atomic E-state index is 0.172. The van der Waals surface area contributed by atoms with Gasteiger partial charge in [0.05, 0.1) is 0 Å². The molecule has 0 spiro atoms. The lowest BCUT2D eigenvalue weighted by molar-refractivity contribution is -0.159. The molecule has 29 heavy (non-hydrogen) atoms. The van der Waals surface area contributed by atoms with Crippen LogP contribution < -0.4 is 4.74 Å². The van der Waals surface area contributed by atoms with Crippen molar-refractivity contribution >= 4 is 11.6 Å². The van der Waals surface area contributed by atoms with Crippen LogP contribution in [0.1, 0.15) is 62.5 Å². The predicted molar refractivity (Wildman–Crippen MR) is 113 cm³/mol. The third-order valence-corrected chi connectivity index (χ3v) is 5.91. The average molecular weight is 392 g/mol. The van der Waals surface area contributed by atoms with E-state index in [0.717, 1.165) is 5.01 Å². The first-order chi connectivity index (χ1) is 14.1. The Morgan fingerprint density at radius 1 is 1.10 bits per heavy atom. The highest BCUT2D eigenvalue weighted by atomic mass is 16.5. The minimum Gasteiger partial charge on any atom is -0.484 e. The van der Waals surface area contributed by atoms with Gasteiger partial charge in [-0.25, -0.2) is 0 Å². The van der Waals surface area contributed by atoms with Crippen molar-refractivity contribution in [1.82, 2.24) is 5.01 Å². The highest BCUT2D eigenvalue weighted by Gasteiger charge is 2.44. The van der Waals surface area contributed by atoms with Crippen molar-refractivity contribution in [3.05, 3.63) is 65.7 Å². The summed E-state index contributed by atoms with van der Waals surface area (Å²) in [5.74, 6) is 0.924. The minimum atomic E-state index is -1.46. The van der Waals surface area contributed by atoms with Gasteiger partial charge in [0.2, 0.25) is 0 Å². The lowest BCUT2D eigenvalue weighted by atomic mass is 9.84. The van der Waals surface area contributed by atoms with E-state index in [1.165, 1.54) is 37.7 Å². The molecule has 4 rings (SSSR count). The molecule has 0 aromatic heterocycles. The summed E-state index contributed by atoms with van der Waals surface area (Å²) >= 11 is 0. The maximum absolute atomic E-state index is 12.8. The number of aliphatic hydroxyl groups is 1. The first kappa shape index (κ1) is 19.6. The van der Waals surface area contributed by atoms with Gasteiger partial charge in [-0.3, -0.25) is 4.79 Å². The second-order valence-electron chi connectivity index (χ2n) is 8.09. The molecule has 0 unspecified atom stereocenters. The maximum atomic E-state index is 12.8. The number of hydrazone groups is 1. The molecule has 1 aliphatic heterocycles. The number of carbonyl (C=O) groups excluding carboxylic acids is 1. The van der Waals surface area contributed by atoms with E-state index in [-0.39, 0.29) is 12.5 Å². The molecule has 2 aliphatic rings. The van der Waals surface area contributed by atoms with E-state index in [1.807, 2.05) is 37.3 Å². The SMILES string of the molecule is CC1=NN(C(=O)COc2ccc(C3CCCCC3)cc2)[C@](O)(c2ccccc2)C1. The third kappa shape index (κ3) is 4.20. The number of hydrogen-bond donors (Lipinski definition) is 1.